The molecular weight excluding hydrogens is 262 g/mol. The molecule has 6 heteroatoms. The summed E-state index contributed by atoms with van der Waals surface area (Å²) in [6.45, 7) is 4.98. The van der Waals surface area contributed by atoms with Gasteiger partial charge in [-0.1, -0.05) is 0 Å². The van der Waals surface area contributed by atoms with E-state index < -0.39 is 10.0 Å². The second-order valence-electron chi connectivity index (χ2n) is 4.36. The van der Waals surface area contributed by atoms with E-state index >= 15 is 0 Å². The first-order valence-corrected chi connectivity index (χ1v) is 8.12. The summed E-state index contributed by atoms with van der Waals surface area (Å²) in [7, 11) is -3.11. The standard InChI is InChI=1S/C13H19N3O2S/c1-3-16-10-11(7-9-15-19(17,18)4-2)12-6-5-8-14-13(12)16/h5-6,8,10,15H,3-4,7,9H2,1-2H3. The maximum Gasteiger partial charge on any atom is 0.211 e. The van der Waals surface area contributed by atoms with E-state index in [4.69, 9.17) is 0 Å². The SMILES string of the molecule is CCn1cc(CCNS(=O)(=O)CC)c2cccnc21. The monoisotopic (exact) mass is 281 g/mol. The number of aryl methyl sites for hydroxylation is 1. The number of hydrogen-bond donors (Lipinski definition) is 1. The number of nitrogens with one attached hydrogen (secondary N) is 1. The molecule has 1 N–H and O–H groups in total. The zero-order valence-electron chi connectivity index (χ0n) is 11.3. The number of sulfonamides is 1. The maximum absolute atomic E-state index is 11.4. The average Bonchev–Trinajstić information content (AvgIpc) is 2.77. The highest BCUT2D eigenvalue weighted by Gasteiger charge is 2.10. The zero-order chi connectivity index (χ0) is 13.9. The van der Waals surface area contributed by atoms with Gasteiger partial charge in [-0.15, -0.1) is 0 Å². The summed E-state index contributed by atoms with van der Waals surface area (Å²) < 4.78 is 27.4. The van der Waals surface area contributed by atoms with Gasteiger partial charge in [0.25, 0.3) is 0 Å². The van der Waals surface area contributed by atoms with Crippen LogP contribution in [0.1, 0.15) is 19.4 Å². The number of nitrogens with zero attached hydrogens (tertiary/aromatic N) is 2. The molecule has 0 unspecified atom stereocenters. The molecule has 0 aliphatic heterocycles. The third kappa shape index (κ3) is 3.13. The van der Waals surface area contributed by atoms with Crippen LogP contribution in [0.25, 0.3) is 11.0 Å². The molecule has 2 aromatic rings. The molecule has 0 fully saturated rings. The van der Waals surface area contributed by atoms with Crippen molar-refractivity contribution in [1.29, 1.82) is 0 Å². The van der Waals surface area contributed by atoms with Crippen molar-refractivity contribution >= 4 is 21.1 Å². The molecule has 0 bridgehead atoms. The van der Waals surface area contributed by atoms with E-state index in [1.54, 1.807) is 13.1 Å². The molecule has 104 valence electrons. The van der Waals surface area contributed by atoms with Crippen LogP contribution in [0.4, 0.5) is 0 Å². The number of rotatable bonds is 6. The Bertz CT molecular complexity index is 662. The fourth-order valence-electron chi connectivity index (χ4n) is 2.08. The van der Waals surface area contributed by atoms with Gasteiger partial charge < -0.3 is 4.57 Å². The molecule has 2 heterocycles. The minimum atomic E-state index is -3.11. The van der Waals surface area contributed by atoms with Gasteiger partial charge in [0, 0.05) is 30.9 Å². The quantitative estimate of drug-likeness (QED) is 0.873. The Kier molecular flexibility index (Phi) is 4.21. The largest absolute Gasteiger partial charge is 0.333 e. The lowest BCUT2D eigenvalue weighted by Gasteiger charge is -2.03. The highest BCUT2D eigenvalue weighted by molar-refractivity contribution is 7.89. The predicted octanol–water partition coefficient (Wildman–Crippen LogP) is 1.54. The normalized spacial score (nSPS) is 12.1. The number of fused-ring (bicyclic) bond motifs is 1. The van der Waals surface area contributed by atoms with Gasteiger partial charge >= 0.3 is 0 Å². The summed E-state index contributed by atoms with van der Waals surface area (Å²) in [5.41, 5.74) is 2.09. The van der Waals surface area contributed by atoms with Crippen molar-refractivity contribution in [3.63, 3.8) is 0 Å². The minimum absolute atomic E-state index is 0.116. The molecule has 0 saturated heterocycles. The van der Waals surface area contributed by atoms with Crippen molar-refractivity contribution in [1.82, 2.24) is 14.3 Å². The van der Waals surface area contributed by atoms with Crippen molar-refractivity contribution in [2.24, 2.45) is 0 Å². The Labute approximate surface area is 113 Å². The highest BCUT2D eigenvalue weighted by atomic mass is 32.2. The Morgan fingerprint density at radius 1 is 1.37 bits per heavy atom. The van der Waals surface area contributed by atoms with Crippen LogP contribution in [-0.4, -0.2) is 30.3 Å². The zero-order valence-corrected chi connectivity index (χ0v) is 12.1. The number of aromatic nitrogens is 2. The first kappa shape index (κ1) is 14.0. The topological polar surface area (TPSA) is 64.0 Å². The van der Waals surface area contributed by atoms with Gasteiger partial charge in [-0.05, 0) is 38.0 Å². The van der Waals surface area contributed by atoms with Crippen molar-refractivity contribution in [2.75, 3.05) is 12.3 Å². The summed E-state index contributed by atoms with van der Waals surface area (Å²) in [4.78, 5) is 4.37. The Morgan fingerprint density at radius 2 is 2.16 bits per heavy atom. The second kappa shape index (κ2) is 5.71. The van der Waals surface area contributed by atoms with Crippen molar-refractivity contribution in [3.05, 3.63) is 30.1 Å². The van der Waals surface area contributed by atoms with E-state index in [-0.39, 0.29) is 5.75 Å². The highest BCUT2D eigenvalue weighted by Crippen LogP contribution is 2.19. The number of pyridine rings is 1. The molecule has 2 aromatic heterocycles. The fraction of sp³-hybridized carbons (Fsp3) is 0.462. The van der Waals surface area contributed by atoms with Crippen LogP contribution in [0, 0.1) is 0 Å². The summed E-state index contributed by atoms with van der Waals surface area (Å²) in [6.07, 6.45) is 4.50. The predicted molar refractivity (Wildman–Crippen MR) is 76.6 cm³/mol. The van der Waals surface area contributed by atoms with Crippen molar-refractivity contribution in [2.45, 2.75) is 26.8 Å². The van der Waals surface area contributed by atoms with E-state index in [1.807, 2.05) is 12.1 Å². The van der Waals surface area contributed by atoms with E-state index in [2.05, 4.69) is 27.4 Å². The summed E-state index contributed by atoms with van der Waals surface area (Å²) in [5, 5.41) is 1.10. The number of hydrogen-bond acceptors (Lipinski definition) is 3. The van der Waals surface area contributed by atoms with Crippen LogP contribution in [0.5, 0.6) is 0 Å². The molecule has 0 amide bonds. The van der Waals surface area contributed by atoms with E-state index in [1.165, 1.54) is 0 Å². The molecule has 0 radical (unpaired) electrons. The lowest BCUT2D eigenvalue weighted by molar-refractivity contribution is 0.583. The van der Waals surface area contributed by atoms with E-state index in [0.717, 1.165) is 23.1 Å². The van der Waals surface area contributed by atoms with Gasteiger partial charge in [0.15, 0.2) is 0 Å². The molecule has 0 aliphatic rings. The first-order chi connectivity index (χ1) is 9.07. The average molecular weight is 281 g/mol. The molecule has 0 atom stereocenters. The van der Waals surface area contributed by atoms with Crippen LogP contribution in [-0.2, 0) is 23.0 Å². The third-order valence-electron chi connectivity index (χ3n) is 3.15. The smallest absolute Gasteiger partial charge is 0.211 e. The first-order valence-electron chi connectivity index (χ1n) is 6.47. The van der Waals surface area contributed by atoms with Crippen LogP contribution in [0.15, 0.2) is 24.5 Å². The maximum atomic E-state index is 11.4. The van der Waals surface area contributed by atoms with Crippen LogP contribution >= 0.6 is 0 Å². The Balaban J connectivity index is 2.17. The molecule has 0 saturated carbocycles. The van der Waals surface area contributed by atoms with Gasteiger partial charge in [-0.3, -0.25) is 0 Å². The lowest BCUT2D eigenvalue weighted by atomic mass is 10.2. The molecule has 0 spiro atoms. The van der Waals surface area contributed by atoms with Gasteiger partial charge in [-0.2, -0.15) is 0 Å². The molecule has 2 rings (SSSR count). The molecule has 19 heavy (non-hydrogen) atoms. The van der Waals surface area contributed by atoms with Gasteiger partial charge in [-0.25, -0.2) is 18.1 Å². The van der Waals surface area contributed by atoms with Gasteiger partial charge in [0.05, 0.1) is 5.75 Å². The lowest BCUT2D eigenvalue weighted by Crippen LogP contribution is -2.27. The third-order valence-corrected chi connectivity index (χ3v) is 4.56. The summed E-state index contributed by atoms with van der Waals surface area (Å²) in [5.74, 6) is 0.116. The van der Waals surface area contributed by atoms with Crippen molar-refractivity contribution in [3.8, 4) is 0 Å². The summed E-state index contributed by atoms with van der Waals surface area (Å²) >= 11 is 0. The van der Waals surface area contributed by atoms with Crippen molar-refractivity contribution < 1.29 is 8.42 Å². The molecular formula is C13H19N3O2S. The van der Waals surface area contributed by atoms with Crippen LogP contribution < -0.4 is 4.72 Å². The summed E-state index contributed by atoms with van der Waals surface area (Å²) in [6, 6.07) is 3.93. The minimum Gasteiger partial charge on any atom is -0.333 e. The molecule has 5 nitrogen and oxygen atoms in total. The Hall–Kier alpha value is -1.40. The van der Waals surface area contributed by atoms with Crippen LogP contribution in [0.2, 0.25) is 0 Å². The second-order valence-corrected chi connectivity index (χ2v) is 6.46. The molecule has 0 aliphatic carbocycles. The van der Waals surface area contributed by atoms with Gasteiger partial charge in [0.1, 0.15) is 5.65 Å². The fourth-order valence-corrected chi connectivity index (χ4v) is 2.70. The Morgan fingerprint density at radius 3 is 2.84 bits per heavy atom. The molecule has 0 aromatic carbocycles. The van der Waals surface area contributed by atoms with Gasteiger partial charge in [0.2, 0.25) is 10.0 Å². The van der Waals surface area contributed by atoms with E-state index in [0.29, 0.717) is 13.0 Å². The van der Waals surface area contributed by atoms with Crippen LogP contribution in [0.3, 0.4) is 0 Å². The van der Waals surface area contributed by atoms with E-state index in [9.17, 15) is 8.42 Å².